The summed E-state index contributed by atoms with van der Waals surface area (Å²) in [6.07, 6.45) is 0.747. The summed E-state index contributed by atoms with van der Waals surface area (Å²) < 4.78 is 2.29. The van der Waals surface area contributed by atoms with Gasteiger partial charge in [-0.05, 0) is 80.2 Å². The molecule has 0 bridgehead atoms. The Hall–Kier alpha value is -5.39. The average Bonchev–Trinajstić information content (AvgIpc) is 3.35. The first-order valence-corrected chi connectivity index (χ1v) is 13.6. The van der Waals surface area contributed by atoms with Crippen LogP contribution in [0.15, 0.2) is 133 Å². The van der Waals surface area contributed by atoms with Crippen molar-refractivity contribution in [3.8, 4) is 11.8 Å². The summed E-state index contributed by atoms with van der Waals surface area (Å²) in [5, 5.41) is 20.1. The molecular weight excluding hydrogens is 484 g/mol. The number of benzene rings is 7. The Morgan fingerprint density at radius 1 is 0.450 bits per heavy atom. The Balaban J connectivity index is 1.31. The lowest BCUT2D eigenvalue weighted by molar-refractivity contribution is 1.13. The van der Waals surface area contributed by atoms with E-state index in [1.54, 1.807) is 0 Å². The zero-order valence-corrected chi connectivity index (χ0v) is 21.8. The van der Waals surface area contributed by atoms with E-state index in [0.29, 0.717) is 5.56 Å². The van der Waals surface area contributed by atoms with Gasteiger partial charge in [-0.25, -0.2) is 0 Å². The van der Waals surface area contributed by atoms with Crippen LogP contribution in [0.3, 0.4) is 0 Å². The molecule has 1 heterocycles. The molecule has 0 aliphatic carbocycles. The number of aromatic nitrogens is 1. The van der Waals surface area contributed by atoms with Crippen LogP contribution in [0.4, 0.5) is 0 Å². The zero-order chi connectivity index (χ0) is 26.6. The number of nitrogens with zero attached hydrogens (tertiary/aromatic N) is 2. The van der Waals surface area contributed by atoms with Gasteiger partial charge in [0.15, 0.2) is 0 Å². The molecule has 0 saturated carbocycles. The normalized spacial score (nSPS) is 11.6. The molecule has 0 radical (unpaired) electrons. The Labute approximate surface area is 231 Å². The second-order valence-corrected chi connectivity index (χ2v) is 10.5. The highest BCUT2D eigenvalue weighted by molar-refractivity contribution is 6.25. The molecule has 0 unspecified atom stereocenters. The Morgan fingerprint density at radius 2 is 0.950 bits per heavy atom. The van der Waals surface area contributed by atoms with Crippen LogP contribution in [-0.4, -0.2) is 4.57 Å². The van der Waals surface area contributed by atoms with Gasteiger partial charge < -0.3 is 4.57 Å². The predicted molar refractivity (Wildman–Crippen MR) is 167 cm³/mol. The number of fused-ring (bicyclic) bond motifs is 9. The summed E-state index contributed by atoms with van der Waals surface area (Å²) in [5.74, 6) is 0. The van der Waals surface area contributed by atoms with E-state index in [1.807, 2.05) is 12.1 Å². The summed E-state index contributed by atoms with van der Waals surface area (Å²) in [6, 6.07) is 49.9. The van der Waals surface area contributed by atoms with Crippen molar-refractivity contribution in [1.29, 1.82) is 5.26 Å². The lowest BCUT2D eigenvalue weighted by atomic mass is 9.92. The van der Waals surface area contributed by atoms with E-state index in [4.69, 9.17) is 0 Å². The van der Waals surface area contributed by atoms with Crippen LogP contribution in [0.2, 0.25) is 0 Å². The molecule has 2 heteroatoms. The maximum absolute atomic E-state index is 9.98. The molecule has 8 aromatic rings. The van der Waals surface area contributed by atoms with Crippen LogP contribution in [0.5, 0.6) is 0 Å². The molecule has 0 spiro atoms. The lowest BCUT2D eigenvalue weighted by Gasteiger charge is -2.13. The van der Waals surface area contributed by atoms with Crippen molar-refractivity contribution < 1.29 is 0 Å². The smallest absolute Gasteiger partial charge is 0.0992 e. The fourth-order valence-corrected chi connectivity index (χ4v) is 6.47. The van der Waals surface area contributed by atoms with Gasteiger partial charge in [-0.15, -0.1) is 0 Å². The highest BCUT2D eigenvalue weighted by Crippen LogP contribution is 2.36. The molecular formula is C38H24N2. The number of nitriles is 1. The van der Waals surface area contributed by atoms with Crippen LogP contribution >= 0.6 is 0 Å². The first-order valence-electron chi connectivity index (χ1n) is 13.6. The first kappa shape index (κ1) is 22.6. The van der Waals surface area contributed by atoms with E-state index in [1.165, 1.54) is 48.7 Å². The predicted octanol–water partition coefficient (Wildman–Crippen LogP) is 9.71. The van der Waals surface area contributed by atoms with Crippen molar-refractivity contribution in [2.75, 3.05) is 0 Å². The quantitative estimate of drug-likeness (QED) is 0.218. The fourth-order valence-electron chi connectivity index (χ4n) is 6.47. The standard InChI is InChI=1S/C38H24N2/c39-24-27-20-26(21-28(22-27)40-37-15-7-5-13-34(37)35-14-6-8-16-38(35)40)19-25-17-18-33-31-11-2-1-9-29(31)30-10-3-4-12-32(30)36(33)23-25/h1-18,20-23H,19H2. The minimum atomic E-state index is 0.673. The van der Waals surface area contributed by atoms with E-state index in [0.717, 1.165) is 28.7 Å². The van der Waals surface area contributed by atoms with Crippen molar-refractivity contribution in [3.05, 3.63) is 150 Å². The minimum absolute atomic E-state index is 0.673. The number of para-hydroxylation sites is 2. The number of hydrogen-bond donors (Lipinski definition) is 0. The van der Waals surface area contributed by atoms with Gasteiger partial charge in [-0.3, -0.25) is 0 Å². The van der Waals surface area contributed by atoms with Gasteiger partial charge in [-0.2, -0.15) is 5.26 Å². The van der Waals surface area contributed by atoms with Crippen LogP contribution in [0, 0.1) is 11.3 Å². The van der Waals surface area contributed by atoms with Crippen molar-refractivity contribution in [2.45, 2.75) is 6.42 Å². The van der Waals surface area contributed by atoms with Crippen molar-refractivity contribution in [3.63, 3.8) is 0 Å². The van der Waals surface area contributed by atoms with Gasteiger partial charge in [-0.1, -0.05) is 103 Å². The molecule has 0 amide bonds. The van der Waals surface area contributed by atoms with E-state index in [-0.39, 0.29) is 0 Å². The first-order chi connectivity index (χ1) is 19.8. The van der Waals surface area contributed by atoms with Crippen LogP contribution in [0.25, 0.3) is 59.8 Å². The SMILES string of the molecule is N#Cc1cc(Cc2ccc3c4ccccc4c4ccccc4c3c2)cc(-n2c3ccccc3c3ccccc32)c1. The third-order valence-electron chi connectivity index (χ3n) is 8.16. The summed E-state index contributed by atoms with van der Waals surface area (Å²) in [7, 11) is 0. The number of rotatable bonds is 3. The maximum Gasteiger partial charge on any atom is 0.0992 e. The van der Waals surface area contributed by atoms with Crippen LogP contribution in [0.1, 0.15) is 16.7 Å². The molecule has 8 rings (SSSR count). The molecule has 186 valence electrons. The Morgan fingerprint density at radius 3 is 1.52 bits per heavy atom. The molecule has 0 saturated heterocycles. The molecule has 7 aromatic carbocycles. The van der Waals surface area contributed by atoms with Gasteiger partial charge in [0.05, 0.1) is 22.7 Å². The summed E-state index contributed by atoms with van der Waals surface area (Å²) in [5.41, 5.74) is 6.34. The Bertz CT molecular complexity index is 2230. The second kappa shape index (κ2) is 8.83. The largest absolute Gasteiger partial charge is 0.309 e. The molecule has 0 N–H and O–H groups in total. The third-order valence-corrected chi connectivity index (χ3v) is 8.16. The van der Waals surface area contributed by atoms with Crippen molar-refractivity contribution in [1.82, 2.24) is 4.57 Å². The van der Waals surface area contributed by atoms with E-state index >= 15 is 0 Å². The van der Waals surface area contributed by atoms with E-state index in [9.17, 15) is 5.26 Å². The molecule has 2 nitrogen and oxygen atoms in total. The minimum Gasteiger partial charge on any atom is -0.309 e. The third kappa shape index (κ3) is 3.42. The molecule has 1 aromatic heterocycles. The monoisotopic (exact) mass is 508 g/mol. The van der Waals surface area contributed by atoms with Crippen LogP contribution in [-0.2, 0) is 6.42 Å². The zero-order valence-electron chi connectivity index (χ0n) is 21.8. The molecule has 0 atom stereocenters. The van der Waals surface area contributed by atoms with E-state index in [2.05, 4.69) is 132 Å². The van der Waals surface area contributed by atoms with Gasteiger partial charge in [0, 0.05) is 16.5 Å². The maximum atomic E-state index is 9.98. The van der Waals surface area contributed by atoms with Crippen molar-refractivity contribution >= 4 is 54.1 Å². The topological polar surface area (TPSA) is 28.7 Å². The average molecular weight is 509 g/mol. The second-order valence-electron chi connectivity index (χ2n) is 10.5. The van der Waals surface area contributed by atoms with Gasteiger partial charge in [0.2, 0.25) is 0 Å². The summed E-state index contributed by atoms with van der Waals surface area (Å²) in [4.78, 5) is 0. The van der Waals surface area contributed by atoms with Gasteiger partial charge >= 0.3 is 0 Å². The van der Waals surface area contributed by atoms with Gasteiger partial charge in [0.25, 0.3) is 0 Å². The lowest BCUT2D eigenvalue weighted by Crippen LogP contribution is -1.98. The van der Waals surface area contributed by atoms with E-state index < -0.39 is 0 Å². The highest BCUT2D eigenvalue weighted by atomic mass is 15.0. The Kier molecular flexibility index (Phi) is 4.99. The van der Waals surface area contributed by atoms with Crippen molar-refractivity contribution in [2.24, 2.45) is 0 Å². The summed E-state index contributed by atoms with van der Waals surface area (Å²) in [6.45, 7) is 0. The molecule has 0 aliphatic rings. The van der Waals surface area contributed by atoms with Gasteiger partial charge in [0.1, 0.15) is 0 Å². The van der Waals surface area contributed by atoms with Crippen LogP contribution < -0.4 is 0 Å². The molecule has 40 heavy (non-hydrogen) atoms. The fraction of sp³-hybridized carbons (Fsp3) is 0.0263. The molecule has 0 aliphatic heterocycles. The highest BCUT2D eigenvalue weighted by Gasteiger charge is 2.14. The number of hydrogen-bond acceptors (Lipinski definition) is 1. The summed E-state index contributed by atoms with van der Waals surface area (Å²) >= 11 is 0. The molecule has 0 fully saturated rings.